The van der Waals surface area contributed by atoms with Crippen LogP contribution in [-0.2, 0) is 9.59 Å². The van der Waals surface area contributed by atoms with Crippen molar-refractivity contribution in [2.24, 2.45) is 0 Å². The fourth-order valence-corrected chi connectivity index (χ4v) is 2.86. The predicted octanol–water partition coefficient (Wildman–Crippen LogP) is 2.78. The highest BCUT2D eigenvalue weighted by Crippen LogP contribution is 2.34. The topological polar surface area (TPSA) is 89.6 Å². The summed E-state index contributed by atoms with van der Waals surface area (Å²) < 4.78 is 10.6. The number of hydrogen-bond donors (Lipinski definition) is 2. The summed E-state index contributed by atoms with van der Waals surface area (Å²) in [6.45, 7) is 1.97. The van der Waals surface area contributed by atoms with Crippen LogP contribution in [0.3, 0.4) is 0 Å². The molecule has 27 heavy (non-hydrogen) atoms. The first-order chi connectivity index (χ1) is 13.1. The van der Waals surface area contributed by atoms with Crippen LogP contribution < -0.4 is 20.1 Å². The predicted molar refractivity (Wildman–Crippen MR) is 99.5 cm³/mol. The van der Waals surface area contributed by atoms with E-state index in [2.05, 4.69) is 15.6 Å². The number of ether oxygens (including phenoxy) is 2. The van der Waals surface area contributed by atoms with E-state index in [-0.39, 0.29) is 12.8 Å². The summed E-state index contributed by atoms with van der Waals surface area (Å²) in [4.78, 5) is 28.7. The van der Waals surface area contributed by atoms with Gasteiger partial charge in [-0.15, -0.1) is 0 Å². The van der Waals surface area contributed by atoms with Crippen LogP contribution in [0.4, 0.5) is 5.69 Å². The Morgan fingerprint density at radius 1 is 1.04 bits per heavy atom. The average molecular weight is 363 g/mol. The lowest BCUT2D eigenvalue weighted by atomic mass is 10.1. The third kappa shape index (κ3) is 3.52. The molecule has 1 aliphatic heterocycles. The van der Waals surface area contributed by atoms with E-state index in [1.807, 2.05) is 30.3 Å². The molecule has 0 radical (unpaired) electrons. The number of rotatable bonds is 3. The largest absolute Gasteiger partial charge is 0.454 e. The second-order valence-corrected chi connectivity index (χ2v) is 6.18. The van der Waals surface area contributed by atoms with Crippen molar-refractivity contribution in [2.75, 3.05) is 12.1 Å². The smallest absolute Gasteiger partial charge is 0.313 e. The quantitative estimate of drug-likeness (QED) is 0.699. The summed E-state index contributed by atoms with van der Waals surface area (Å²) in [6.07, 6.45) is 1.52. The van der Waals surface area contributed by atoms with Crippen molar-refractivity contribution < 1.29 is 19.1 Å². The van der Waals surface area contributed by atoms with E-state index in [0.29, 0.717) is 17.2 Å². The molecule has 0 saturated heterocycles. The molecule has 136 valence electrons. The van der Waals surface area contributed by atoms with Crippen LogP contribution in [0.15, 0.2) is 54.7 Å². The molecule has 2 heterocycles. The van der Waals surface area contributed by atoms with Gasteiger partial charge in [-0.3, -0.25) is 14.6 Å². The number of benzene rings is 2. The van der Waals surface area contributed by atoms with Crippen molar-refractivity contribution in [2.45, 2.75) is 13.0 Å². The lowest BCUT2D eigenvalue weighted by Gasteiger charge is -2.14. The molecule has 0 aliphatic carbocycles. The monoisotopic (exact) mass is 363 g/mol. The first-order valence-electron chi connectivity index (χ1n) is 8.46. The molecule has 0 unspecified atom stereocenters. The summed E-state index contributed by atoms with van der Waals surface area (Å²) in [5.41, 5.74) is 2.09. The summed E-state index contributed by atoms with van der Waals surface area (Å²) in [7, 11) is 0. The summed E-state index contributed by atoms with van der Waals surface area (Å²) in [5.74, 6) is -0.188. The summed E-state index contributed by atoms with van der Waals surface area (Å²) in [5, 5.41) is 6.13. The Morgan fingerprint density at radius 2 is 1.85 bits per heavy atom. The summed E-state index contributed by atoms with van der Waals surface area (Å²) >= 11 is 0. The maximum atomic E-state index is 12.2. The first-order valence-corrected chi connectivity index (χ1v) is 8.46. The van der Waals surface area contributed by atoms with E-state index >= 15 is 0 Å². The number of carbonyl (C=O) groups is 2. The van der Waals surface area contributed by atoms with Crippen LogP contribution in [0.5, 0.6) is 11.5 Å². The molecule has 3 aromatic rings. The van der Waals surface area contributed by atoms with Crippen LogP contribution in [0.2, 0.25) is 0 Å². The van der Waals surface area contributed by atoms with Gasteiger partial charge in [0.05, 0.1) is 23.4 Å². The molecule has 4 rings (SSSR count). The van der Waals surface area contributed by atoms with Crippen LogP contribution in [0.1, 0.15) is 18.5 Å². The van der Waals surface area contributed by atoms with Crippen LogP contribution in [0, 0.1) is 0 Å². The molecule has 1 atom stereocenters. The number of amides is 2. The number of fused-ring (bicyclic) bond motifs is 2. The van der Waals surface area contributed by atoms with Crippen LogP contribution in [0.25, 0.3) is 10.9 Å². The van der Waals surface area contributed by atoms with Gasteiger partial charge in [0.15, 0.2) is 11.5 Å². The highest BCUT2D eigenvalue weighted by Gasteiger charge is 2.20. The number of nitrogens with one attached hydrogen (secondary N) is 2. The van der Waals surface area contributed by atoms with Gasteiger partial charge in [-0.2, -0.15) is 0 Å². The molecule has 1 aliphatic rings. The molecule has 7 nitrogen and oxygen atoms in total. The molecule has 2 N–H and O–H groups in total. The Balaban J connectivity index is 1.41. The van der Waals surface area contributed by atoms with Gasteiger partial charge >= 0.3 is 11.8 Å². The van der Waals surface area contributed by atoms with E-state index in [9.17, 15) is 9.59 Å². The SMILES string of the molecule is C[C@@H](NC(=O)C(=O)Nc1cnc2ccccc2c1)c1ccc2c(c1)OCO2. The van der Waals surface area contributed by atoms with Gasteiger partial charge in [-0.1, -0.05) is 24.3 Å². The highest BCUT2D eigenvalue weighted by molar-refractivity contribution is 6.39. The van der Waals surface area contributed by atoms with Gasteiger partial charge in [-0.05, 0) is 36.8 Å². The highest BCUT2D eigenvalue weighted by atomic mass is 16.7. The number of nitrogens with zero attached hydrogens (tertiary/aromatic N) is 1. The number of carbonyl (C=O) groups excluding carboxylic acids is 2. The Morgan fingerprint density at radius 3 is 2.74 bits per heavy atom. The van der Waals surface area contributed by atoms with E-state index in [1.165, 1.54) is 6.20 Å². The van der Waals surface area contributed by atoms with Gasteiger partial charge in [0, 0.05) is 5.39 Å². The fourth-order valence-electron chi connectivity index (χ4n) is 2.86. The van der Waals surface area contributed by atoms with E-state index in [1.54, 1.807) is 25.1 Å². The molecule has 0 bridgehead atoms. The Kier molecular flexibility index (Phi) is 4.33. The zero-order valence-electron chi connectivity index (χ0n) is 14.6. The molecular formula is C20H17N3O4. The third-order valence-electron chi connectivity index (χ3n) is 4.30. The summed E-state index contributed by atoms with van der Waals surface area (Å²) in [6, 6.07) is 14.3. The van der Waals surface area contributed by atoms with Crippen molar-refractivity contribution in [1.82, 2.24) is 10.3 Å². The van der Waals surface area contributed by atoms with E-state index in [4.69, 9.17) is 9.47 Å². The number of pyridine rings is 1. The van der Waals surface area contributed by atoms with Gasteiger partial charge in [0.2, 0.25) is 6.79 Å². The van der Waals surface area contributed by atoms with Crippen molar-refractivity contribution in [3.63, 3.8) is 0 Å². The Hall–Kier alpha value is -3.61. The second kappa shape index (κ2) is 6.95. The molecule has 2 aromatic carbocycles. The van der Waals surface area contributed by atoms with Crippen molar-refractivity contribution in [3.05, 3.63) is 60.3 Å². The van der Waals surface area contributed by atoms with Crippen molar-refractivity contribution >= 4 is 28.4 Å². The van der Waals surface area contributed by atoms with Gasteiger partial charge in [-0.25, -0.2) is 0 Å². The van der Waals surface area contributed by atoms with Gasteiger partial charge in [0.25, 0.3) is 0 Å². The van der Waals surface area contributed by atoms with E-state index < -0.39 is 11.8 Å². The maximum Gasteiger partial charge on any atom is 0.313 e. The number of para-hydroxylation sites is 1. The lowest BCUT2D eigenvalue weighted by Crippen LogP contribution is -2.36. The van der Waals surface area contributed by atoms with Gasteiger partial charge < -0.3 is 20.1 Å². The molecule has 2 amide bonds. The molecular weight excluding hydrogens is 346 g/mol. The molecule has 0 spiro atoms. The number of anilines is 1. The zero-order chi connectivity index (χ0) is 18.8. The minimum atomic E-state index is -0.750. The van der Waals surface area contributed by atoms with Crippen LogP contribution in [-0.4, -0.2) is 23.6 Å². The maximum absolute atomic E-state index is 12.2. The second-order valence-electron chi connectivity index (χ2n) is 6.18. The zero-order valence-corrected chi connectivity index (χ0v) is 14.6. The minimum Gasteiger partial charge on any atom is -0.454 e. The normalized spacial score (nSPS) is 13.2. The molecule has 0 saturated carbocycles. The minimum absolute atomic E-state index is 0.182. The average Bonchev–Trinajstić information content (AvgIpc) is 3.15. The first kappa shape index (κ1) is 16.8. The lowest BCUT2D eigenvalue weighted by molar-refractivity contribution is -0.136. The van der Waals surface area contributed by atoms with Crippen molar-refractivity contribution in [3.8, 4) is 11.5 Å². The molecule has 0 fully saturated rings. The molecule has 7 heteroatoms. The van der Waals surface area contributed by atoms with Crippen molar-refractivity contribution in [1.29, 1.82) is 0 Å². The Labute approximate surface area is 155 Å². The standard InChI is InChI=1S/C20H17N3O4/c1-12(13-6-7-17-18(9-13)27-11-26-17)22-19(24)20(25)23-15-8-14-4-2-3-5-16(14)21-10-15/h2-10,12H,11H2,1H3,(H,22,24)(H,23,25)/t12-/m1/s1. The van der Waals surface area contributed by atoms with E-state index in [0.717, 1.165) is 16.5 Å². The Bertz CT molecular complexity index is 1030. The fraction of sp³-hybridized carbons (Fsp3) is 0.150. The number of hydrogen-bond acceptors (Lipinski definition) is 5. The van der Waals surface area contributed by atoms with Crippen LogP contribution >= 0.6 is 0 Å². The van der Waals surface area contributed by atoms with Gasteiger partial charge in [0.1, 0.15) is 0 Å². The third-order valence-corrected chi connectivity index (χ3v) is 4.30. The number of aromatic nitrogens is 1. The molecule has 1 aromatic heterocycles.